The molecule has 0 aliphatic heterocycles. The Labute approximate surface area is 142 Å². The molecule has 2 aromatic carbocycles. The Morgan fingerprint density at radius 2 is 1.78 bits per heavy atom. The van der Waals surface area contributed by atoms with Crippen LogP contribution < -0.4 is 5.32 Å². The lowest BCUT2D eigenvalue weighted by molar-refractivity contribution is 0.0827. The minimum absolute atomic E-state index is 0.00685. The molecule has 0 aromatic heterocycles. The molecule has 0 radical (unpaired) electrons. The highest BCUT2D eigenvalue weighted by molar-refractivity contribution is 9.10. The summed E-state index contributed by atoms with van der Waals surface area (Å²) in [6.45, 7) is 0.255. The summed E-state index contributed by atoms with van der Waals surface area (Å²) in [6.07, 6.45) is 0. The maximum absolute atomic E-state index is 13.7. The third-order valence-corrected chi connectivity index (χ3v) is 3.73. The van der Waals surface area contributed by atoms with Gasteiger partial charge in [0, 0.05) is 30.7 Å². The van der Waals surface area contributed by atoms with Crippen molar-refractivity contribution < 1.29 is 14.0 Å². The minimum atomic E-state index is -0.580. The molecule has 0 fully saturated rings. The third-order valence-electron chi connectivity index (χ3n) is 3.24. The lowest BCUT2D eigenvalue weighted by atomic mass is 10.1. The quantitative estimate of drug-likeness (QED) is 0.887. The van der Waals surface area contributed by atoms with Crippen LogP contribution in [0.3, 0.4) is 0 Å². The molecule has 2 amide bonds. The molecule has 4 nitrogen and oxygen atoms in total. The topological polar surface area (TPSA) is 49.4 Å². The molecule has 0 atom stereocenters. The van der Waals surface area contributed by atoms with Crippen LogP contribution in [0.2, 0.25) is 0 Å². The number of carbonyl (C=O) groups excluding carboxylic acids is 2. The molecule has 0 spiro atoms. The summed E-state index contributed by atoms with van der Waals surface area (Å²) in [6, 6.07) is 11.2. The zero-order chi connectivity index (χ0) is 17.0. The normalized spacial score (nSPS) is 10.3. The van der Waals surface area contributed by atoms with Crippen LogP contribution in [0.5, 0.6) is 0 Å². The first-order chi connectivity index (χ1) is 10.9. The van der Waals surface area contributed by atoms with Crippen molar-refractivity contribution in [2.75, 3.05) is 14.1 Å². The van der Waals surface area contributed by atoms with Gasteiger partial charge in [0.05, 0.1) is 5.56 Å². The van der Waals surface area contributed by atoms with Crippen LogP contribution in [-0.4, -0.2) is 30.8 Å². The fourth-order valence-electron chi connectivity index (χ4n) is 1.97. The molecule has 120 valence electrons. The van der Waals surface area contributed by atoms with E-state index in [-0.39, 0.29) is 18.0 Å². The number of carbonyl (C=O) groups is 2. The van der Waals surface area contributed by atoms with Crippen LogP contribution in [0.4, 0.5) is 4.39 Å². The monoisotopic (exact) mass is 378 g/mol. The van der Waals surface area contributed by atoms with Crippen molar-refractivity contribution in [2.45, 2.75) is 6.54 Å². The van der Waals surface area contributed by atoms with E-state index in [1.165, 1.54) is 17.0 Å². The van der Waals surface area contributed by atoms with E-state index in [0.29, 0.717) is 10.0 Å². The summed E-state index contributed by atoms with van der Waals surface area (Å²) in [5.41, 5.74) is 1.39. The predicted molar refractivity (Wildman–Crippen MR) is 89.7 cm³/mol. The van der Waals surface area contributed by atoms with E-state index in [1.54, 1.807) is 44.4 Å². The van der Waals surface area contributed by atoms with Gasteiger partial charge in [-0.3, -0.25) is 9.59 Å². The second-order valence-corrected chi connectivity index (χ2v) is 6.12. The number of hydrogen-bond acceptors (Lipinski definition) is 2. The summed E-state index contributed by atoms with van der Waals surface area (Å²) < 4.78 is 14.3. The van der Waals surface area contributed by atoms with Gasteiger partial charge in [0.25, 0.3) is 11.8 Å². The maximum Gasteiger partial charge on any atom is 0.254 e. The first kappa shape index (κ1) is 17.1. The van der Waals surface area contributed by atoms with E-state index < -0.39 is 11.7 Å². The second kappa shape index (κ2) is 7.37. The Bertz CT molecular complexity index is 730. The van der Waals surface area contributed by atoms with Gasteiger partial charge >= 0.3 is 0 Å². The summed E-state index contributed by atoms with van der Waals surface area (Å²) in [5, 5.41) is 2.66. The fourth-order valence-corrected chi connectivity index (χ4v) is 2.31. The van der Waals surface area contributed by atoms with Crippen LogP contribution in [0.25, 0.3) is 0 Å². The van der Waals surface area contributed by atoms with E-state index in [1.807, 2.05) is 0 Å². The van der Waals surface area contributed by atoms with Crippen molar-refractivity contribution >= 4 is 27.7 Å². The first-order valence-electron chi connectivity index (χ1n) is 6.92. The number of nitrogens with zero attached hydrogens (tertiary/aromatic N) is 1. The Morgan fingerprint density at radius 3 is 2.35 bits per heavy atom. The largest absolute Gasteiger partial charge is 0.348 e. The first-order valence-corrected chi connectivity index (χ1v) is 7.71. The molecule has 1 N–H and O–H groups in total. The standard InChI is InChI=1S/C17H16BrFN2O2/c1-21(2)17(23)12-5-3-11(4-6-12)10-20-16(22)14-8-7-13(18)9-15(14)19/h3-9H,10H2,1-2H3,(H,20,22). The van der Waals surface area contributed by atoms with Gasteiger partial charge in [0.2, 0.25) is 0 Å². The van der Waals surface area contributed by atoms with Gasteiger partial charge in [-0.1, -0.05) is 28.1 Å². The number of hydrogen-bond donors (Lipinski definition) is 1. The number of benzene rings is 2. The van der Waals surface area contributed by atoms with E-state index >= 15 is 0 Å². The zero-order valence-electron chi connectivity index (χ0n) is 12.8. The lowest BCUT2D eigenvalue weighted by Gasteiger charge is -2.11. The van der Waals surface area contributed by atoms with Crippen LogP contribution >= 0.6 is 15.9 Å². The van der Waals surface area contributed by atoms with E-state index in [9.17, 15) is 14.0 Å². The summed E-state index contributed by atoms with van der Waals surface area (Å²) in [4.78, 5) is 25.3. The van der Waals surface area contributed by atoms with Crippen molar-refractivity contribution in [3.63, 3.8) is 0 Å². The van der Waals surface area contributed by atoms with Crippen LogP contribution in [0.15, 0.2) is 46.9 Å². The Balaban J connectivity index is 2.00. The van der Waals surface area contributed by atoms with Crippen LogP contribution in [-0.2, 0) is 6.54 Å². The molecule has 0 saturated heterocycles. The number of amides is 2. The molecule has 0 bridgehead atoms. The smallest absolute Gasteiger partial charge is 0.254 e. The van der Waals surface area contributed by atoms with Gasteiger partial charge in [-0.2, -0.15) is 0 Å². The Hall–Kier alpha value is -2.21. The highest BCUT2D eigenvalue weighted by atomic mass is 79.9. The van der Waals surface area contributed by atoms with Gasteiger partial charge in [0.1, 0.15) is 5.82 Å². The SMILES string of the molecule is CN(C)C(=O)c1ccc(CNC(=O)c2ccc(Br)cc2F)cc1. The lowest BCUT2D eigenvalue weighted by Crippen LogP contribution is -2.24. The van der Waals surface area contributed by atoms with Gasteiger partial charge in [0.15, 0.2) is 0 Å². The van der Waals surface area contributed by atoms with Crippen LogP contribution in [0, 0.1) is 5.82 Å². The summed E-state index contributed by atoms with van der Waals surface area (Å²) in [5.74, 6) is -1.15. The third kappa shape index (κ3) is 4.39. The number of halogens is 2. The average Bonchev–Trinajstić information content (AvgIpc) is 2.52. The number of nitrogens with one attached hydrogen (secondary N) is 1. The number of rotatable bonds is 4. The molecule has 2 rings (SSSR count). The highest BCUT2D eigenvalue weighted by Crippen LogP contribution is 2.15. The van der Waals surface area contributed by atoms with Gasteiger partial charge in [-0.15, -0.1) is 0 Å². The van der Waals surface area contributed by atoms with Crippen molar-refractivity contribution in [2.24, 2.45) is 0 Å². The van der Waals surface area contributed by atoms with Crippen LogP contribution in [0.1, 0.15) is 26.3 Å². The van der Waals surface area contributed by atoms with Crippen molar-refractivity contribution in [1.29, 1.82) is 0 Å². The Morgan fingerprint density at radius 1 is 1.13 bits per heavy atom. The summed E-state index contributed by atoms with van der Waals surface area (Å²) >= 11 is 3.15. The molecule has 6 heteroatoms. The van der Waals surface area contributed by atoms with Crippen molar-refractivity contribution in [3.8, 4) is 0 Å². The molecule has 0 aliphatic carbocycles. The molecule has 0 saturated carbocycles. The molecule has 2 aromatic rings. The minimum Gasteiger partial charge on any atom is -0.348 e. The van der Waals surface area contributed by atoms with E-state index in [2.05, 4.69) is 21.2 Å². The molecular formula is C17H16BrFN2O2. The average molecular weight is 379 g/mol. The predicted octanol–water partition coefficient (Wildman–Crippen LogP) is 3.22. The molecule has 0 heterocycles. The van der Waals surface area contributed by atoms with E-state index in [4.69, 9.17) is 0 Å². The molecule has 23 heavy (non-hydrogen) atoms. The van der Waals surface area contributed by atoms with E-state index in [0.717, 1.165) is 5.56 Å². The second-order valence-electron chi connectivity index (χ2n) is 5.20. The van der Waals surface area contributed by atoms with Gasteiger partial charge < -0.3 is 10.2 Å². The molecule has 0 unspecified atom stereocenters. The fraction of sp³-hybridized carbons (Fsp3) is 0.176. The van der Waals surface area contributed by atoms with Gasteiger partial charge in [-0.25, -0.2) is 4.39 Å². The zero-order valence-corrected chi connectivity index (χ0v) is 14.4. The maximum atomic E-state index is 13.7. The molecule has 0 aliphatic rings. The Kier molecular flexibility index (Phi) is 5.50. The highest BCUT2D eigenvalue weighted by Gasteiger charge is 2.12. The van der Waals surface area contributed by atoms with Gasteiger partial charge in [-0.05, 0) is 35.9 Å². The molecular weight excluding hydrogens is 363 g/mol. The van der Waals surface area contributed by atoms with Crippen molar-refractivity contribution in [1.82, 2.24) is 10.2 Å². The summed E-state index contributed by atoms with van der Waals surface area (Å²) in [7, 11) is 3.37. The van der Waals surface area contributed by atoms with Crippen molar-refractivity contribution in [3.05, 3.63) is 69.4 Å².